The van der Waals surface area contributed by atoms with Crippen LogP contribution in [-0.2, 0) is 9.53 Å². The van der Waals surface area contributed by atoms with E-state index in [0.29, 0.717) is 17.2 Å². The van der Waals surface area contributed by atoms with Gasteiger partial charge in [0.2, 0.25) is 0 Å². The van der Waals surface area contributed by atoms with Gasteiger partial charge in [-0.1, -0.05) is 11.6 Å². The first-order chi connectivity index (χ1) is 8.13. The third-order valence-corrected chi connectivity index (χ3v) is 3.08. The van der Waals surface area contributed by atoms with E-state index in [0.717, 1.165) is 0 Å². The summed E-state index contributed by atoms with van der Waals surface area (Å²) in [5.74, 6) is 0.158. The van der Waals surface area contributed by atoms with Gasteiger partial charge in [-0.2, -0.15) is 0 Å². The maximum Gasteiger partial charge on any atom is 0.315 e. The molecule has 0 fully saturated rings. The molecular weight excluding hydrogens is 260 g/mol. The first-order valence-electron chi connectivity index (χ1n) is 5.15. The van der Waals surface area contributed by atoms with Crippen LogP contribution in [0.2, 0.25) is 5.02 Å². The van der Waals surface area contributed by atoms with Crippen LogP contribution in [0.4, 0.5) is 0 Å². The fourth-order valence-electron chi connectivity index (χ4n) is 1.15. The van der Waals surface area contributed by atoms with Gasteiger partial charge in [0, 0.05) is 10.6 Å². The summed E-state index contributed by atoms with van der Waals surface area (Å²) in [7, 11) is 0. The normalized spacial score (nSPS) is 10.0. The molecule has 1 aromatic carbocycles. The fourth-order valence-corrected chi connectivity index (χ4v) is 1.98. The monoisotopic (exact) mass is 272 g/mol. The molecule has 0 aliphatic carbocycles. The van der Waals surface area contributed by atoms with Crippen molar-refractivity contribution in [3.05, 3.63) is 34.9 Å². The van der Waals surface area contributed by atoms with E-state index in [4.69, 9.17) is 16.3 Å². The zero-order chi connectivity index (χ0) is 12.7. The number of benzene rings is 1. The predicted octanol–water partition coefficient (Wildman–Crippen LogP) is 2.82. The molecule has 0 saturated carbocycles. The van der Waals surface area contributed by atoms with E-state index in [-0.39, 0.29) is 23.3 Å². The van der Waals surface area contributed by atoms with Gasteiger partial charge < -0.3 is 4.74 Å². The van der Waals surface area contributed by atoms with E-state index in [9.17, 15) is 9.59 Å². The Labute approximate surface area is 109 Å². The summed E-state index contributed by atoms with van der Waals surface area (Å²) in [5, 5.41) is 0.598. The number of esters is 1. The molecule has 17 heavy (non-hydrogen) atoms. The molecule has 1 rings (SSSR count). The van der Waals surface area contributed by atoms with E-state index in [1.807, 2.05) is 0 Å². The zero-order valence-corrected chi connectivity index (χ0v) is 11.0. The summed E-state index contributed by atoms with van der Waals surface area (Å²) in [6, 6.07) is 6.70. The third kappa shape index (κ3) is 5.24. The Hall–Kier alpha value is -1.00. The lowest BCUT2D eigenvalue weighted by atomic mass is 10.1. The van der Waals surface area contributed by atoms with Crippen molar-refractivity contribution in [2.24, 2.45) is 0 Å². The second-order valence-corrected chi connectivity index (χ2v) is 4.65. The van der Waals surface area contributed by atoms with Gasteiger partial charge in [0.05, 0.1) is 18.1 Å². The lowest BCUT2D eigenvalue weighted by Gasteiger charge is -2.02. The van der Waals surface area contributed by atoms with Crippen LogP contribution in [0.25, 0.3) is 0 Å². The van der Waals surface area contributed by atoms with Crippen LogP contribution in [0.5, 0.6) is 0 Å². The summed E-state index contributed by atoms with van der Waals surface area (Å²) < 4.78 is 4.76. The molecule has 5 heteroatoms. The van der Waals surface area contributed by atoms with Crippen molar-refractivity contribution >= 4 is 35.1 Å². The summed E-state index contributed by atoms with van der Waals surface area (Å²) >= 11 is 6.97. The predicted molar refractivity (Wildman–Crippen MR) is 69.7 cm³/mol. The molecule has 0 aromatic heterocycles. The maximum atomic E-state index is 11.7. The number of Topliss-reactive ketones (excluding diaryl/α,β-unsaturated/α-hetero) is 1. The highest BCUT2D eigenvalue weighted by molar-refractivity contribution is 8.00. The van der Waals surface area contributed by atoms with Gasteiger partial charge in [0.15, 0.2) is 5.78 Å². The minimum atomic E-state index is -0.290. The van der Waals surface area contributed by atoms with E-state index < -0.39 is 0 Å². The molecule has 0 atom stereocenters. The van der Waals surface area contributed by atoms with Crippen molar-refractivity contribution in [2.45, 2.75) is 6.92 Å². The minimum Gasteiger partial charge on any atom is -0.465 e. The van der Waals surface area contributed by atoms with Crippen molar-refractivity contribution in [1.29, 1.82) is 0 Å². The quantitative estimate of drug-likeness (QED) is 0.590. The second kappa shape index (κ2) is 7.35. The van der Waals surface area contributed by atoms with Crippen LogP contribution in [-0.4, -0.2) is 29.9 Å². The second-order valence-electron chi connectivity index (χ2n) is 3.23. The summed E-state index contributed by atoms with van der Waals surface area (Å²) in [4.78, 5) is 22.7. The Bertz CT molecular complexity index is 389. The molecule has 0 aliphatic heterocycles. The average Bonchev–Trinajstić information content (AvgIpc) is 2.30. The number of carbonyl (C=O) groups excluding carboxylic acids is 2. The number of thioether (sulfide) groups is 1. The molecule has 0 radical (unpaired) electrons. The van der Waals surface area contributed by atoms with Gasteiger partial charge in [-0.25, -0.2) is 0 Å². The van der Waals surface area contributed by atoms with Crippen molar-refractivity contribution < 1.29 is 14.3 Å². The molecule has 0 bridgehead atoms. The Morgan fingerprint density at radius 2 is 1.88 bits per heavy atom. The minimum absolute atomic E-state index is 0.0176. The van der Waals surface area contributed by atoms with Crippen LogP contribution >= 0.6 is 23.4 Å². The number of rotatable bonds is 6. The smallest absolute Gasteiger partial charge is 0.315 e. The highest BCUT2D eigenvalue weighted by Crippen LogP contribution is 2.12. The Morgan fingerprint density at radius 1 is 1.24 bits per heavy atom. The van der Waals surface area contributed by atoms with Gasteiger partial charge in [-0.3, -0.25) is 9.59 Å². The molecule has 1 aromatic rings. The maximum absolute atomic E-state index is 11.7. The number of hydrogen-bond acceptors (Lipinski definition) is 4. The standard InChI is InChI=1S/C12H13ClO3S/c1-2-16-12(15)8-17-7-11(14)9-3-5-10(13)6-4-9/h3-6H,2,7-8H2,1H3. The number of ketones is 1. The lowest BCUT2D eigenvalue weighted by Crippen LogP contribution is -2.09. The number of ether oxygens (including phenoxy) is 1. The zero-order valence-electron chi connectivity index (χ0n) is 9.44. The SMILES string of the molecule is CCOC(=O)CSCC(=O)c1ccc(Cl)cc1. The Kier molecular flexibility index (Phi) is 6.08. The number of hydrogen-bond donors (Lipinski definition) is 0. The van der Waals surface area contributed by atoms with Gasteiger partial charge in [-0.05, 0) is 31.2 Å². The molecule has 0 unspecified atom stereocenters. The van der Waals surface area contributed by atoms with Crippen LogP contribution in [0.15, 0.2) is 24.3 Å². The molecule has 0 spiro atoms. The molecule has 0 aliphatic rings. The molecule has 0 N–H and O–H groups in total. The number of carbonyl (C=O) groups is 2. The molecule has 3 nitrogen and oxygen atoms in total. The first-order valence-corrected chi connectivity index (χ1v) is 6.69. The Balaban J connectivity index is 2.35. The fraction of sp³-hybridized carbons (Fsp3) is 0.333. The third-order valence-electron chi connectivity index (χ3n) is 1.92. The van der Waals surface area contributed by atoms with Crippen LogP contribution in [0.1, 0.15) is 17.3 Å². The topological polar surface area (TPSA) is 43.4 Å². The largest absolute Gasteiger partial charge is 0.465 e. The summed E-state index contributed by atoms with van der Waals surface area (Å²) in [6.07, 6.45) is 0. The van der Waals surface area contributed by atoms with E-state index in [1.165, 1.54) is 11.8 Å². The van der Waals surface area contributed by atoms with Crippen molar-refractivity contribution in [3.63, 3.8) is 0 Å². The molecule has 0 heterocycles. The van der Waals surface area contributed by atoms with E-state index >= 15 is 0 Å². The van der Waals surface area contributed by atoms with Gasteiger partial charge >= 0.3 is 5.97 Å². The van der Waals surface area contributed by atoms with Gasteiger partial charge in [0.25, 0.3) is 0 Å². The number of halogens is 1. The van der Waals surface area contributed by atoms with E-state index in [1.54, 1.807) is 31.2 Å². The van der Waals surface area contributed by atoms with Crippen LogP contribution < -0.4 is 0 Å². The van der Waals surface area contributed by atoms with E-state index in [2.05, 4.69) is 0 Å². The van der Waals surface area contributed by atoms with Crippen molar-refractivity contribution in [1.82, 2.24) is 0 Å². The first kappa shape index (κ1) is 14.1. The Morgan fingerprint density at radius 3 is 2.47 bits per heavy atom. The van der Waals surface area contributed by atoms with Crippen molar-refractivity contribution in [3.8, 4) is 0 Å². The lowest BCUT2D eigenvalue weighted by molar-refractivity contribution is -0.139. The average molecular weight is 273 g/mol. The van der Waals surface area contributed by atoms with Crippen LogP contribution in [0.3, 0.4) is 0 Å². The van der Waals surface area contributed by atoms with Crippen molar-refractivity contribution in [2.75, 3.05) is 18.1 Å². The summed E-state index contributed by atoms with van der Waals surface area (Å²) in [5.41, 5.74) is 0.603. The van der Waals surface area contributed by atoms with Gasteiger partial charge in [0.1, 0.15) is 0 Å². The van der Waals surface area contributed by atoms with Crippen LogP contribution in [0, 0.1) is 0 Å². The molecule has 92 valence electrons. The molecule has 0 saturated heterocycles. The molecular formula is C12H13ClO3S. The van der Waals surface area contributed by atoms with Gasteiger partial charge in [-0.15, -0.1) is 11.8 Å². The highest BCUT2D eigenvalue weighted by Gasteiger charge is 2.08. The molecule has 0 amide bonds. The summed E-state index contributed by atoms with van der Waals surface area (Å²) in [6.45, 7) is 2.12. The highest BCUT2D eigenvalue weighted by atomic mass is 35.5.